The zero-order chi connectivity index (χ0) is 14.2. The van der Waals surface area contributed by atoms with Crippen molar-refractivity contribution in [2.75, 3.05) is 0 Å². The molecule has 0 heterocycles. The predicted octanol–water partition coefficient (Wildman–Crippen LogP) is 3.11. The molecular formula is C14H11BrO4. The Hall–Kier alpha value is -2.01. The van der Waals surface area contributed by atoms with Crippen LogP contribution in [-0.2, 0) is 0 Å². The SMILES string of the molecule is Cc1ccc(C(=O)c2c(Br)cc(O)c(O)c2O)cc1. The predicted molar refractivity (Wildman–Crippen MR) is 73.7 cm³/mol. The molecule has 0 unspecified atom stereocenters. The van der Waals surface area contributed by atoms with Crippen molar-refractivity contribution in [3.05, 3.63) is 51.5 Å². The molecule has 0 aliphatic heterocycles. The molecule has 0 saturated carbocycles. The molecule has 5 heteroatoms. The Morgan fingerprint density at radius 1 is 1.05 bits per heavy atom. The van der Waals surface area contributed by atoms with Gasteiger partial charge in [0.2, 0.25) is 5.75 Å². The fourth-order valence-electron chi connectivity index (χ4n) is 1.68. The Morgan fingerprint density at radius 3 is 2.21 bits per heavy atom. The molecule has 0 radical (unpaired) electrons. The molecule has 0 bridgehead atoms. The summed E-state index contributed by atoms with van der Waals surface area (Å²) in [5, 5.41) is 28.6. The van der Waals surface area contributed by atoms with Crippen LogP contribution in [0.2, 0.25) is 0 Å². The van der Waals surface area contributed by atoms with Crippen molar-refractivity contribution in [1.82, 2.24) is 0 Å². The molecular weight excluding hydrogens is 312 g/mol. The highest BCUT2D eigenvalue weighted by molar-refractivity contribution is 9.10. The summed E-state index contributed by atoms with van der Waals surface area (Å²) in [5.41, 5.74) is 1.30. The highest BCUT2D eigenvalue weighted by Gasteiger charge is 2.22. The number of rotatable bonds is 2. The molecule has 0 saturated heterocycles. The second-order valence-corrected chi connectivity index (χ2v) is 5.00. The zero-order valence-corrected chi connectivity index (χ0v) is 11.6. The molecule has 0 amide bonds. The van der Waals surface area contributed by atoms with Crippen LogP contribution in [-0.4, -0.2) is 21.1 Å². The van der Waals surface area contributed by atoms with Crippen molar-refractivity contribution in [1.29, 1.82) is 0 Å². The second-order valence-electron chi connectivity index (χ2n) is 4.14. The third-order valence-corrected chi connectivity index (χ3v) is 3.37. The number of aromatic hydroxyl groups is 3. The minimum Gasteiger partial charge on any atom is -0.504 e. The third kappa shape index (κ3) is 2.42. The summed E-state index contributed by atoms with van der Waals surface area (Å²) in [4.78, 5) is 12.3. The van der Waals surface area contributed by atoms with Crippen LogP contribution >= 0.6 is 15.9 Å². The van der Waals surface area contributed by atoms with Gasteiger partial charge in [-0.2, -0.15) is 0 Å². The van der Waals surface area contributed by atoms with E-state index in [1.54, 1.807) is 24.3 Å². The van der Waals surface area contributed by atoms with Crippen molar-refractivity contribution in [2.45, 2.75) is 6.92 Å². The summed E-state index contributed by atoms with van der Waals surface area (Å²) >= 11 is 3.09. The normalized spacial score (nSPS) is 10.4. The topological polar surface area (TPSA) is 77.8 Å². The van der Waals surface area contributed by atoms with Gasteiger partial charge in [-0.1, -0.05) is 29.8 Å². The van der Waals surface area contributed by atoms with Gasteiger partial charge in [-0.3, -0.25) is 4.79 Å². The van der Waals surface area contributed by atoms with E-state index in [1.807, 2.05) is 6.92 Å². The molecule has 2 aromatic carbocycles. The maximum atomic E-state index is 12.3. The fraction of sp³-hybridized carbons (Fsp3) is 0.0714. The summed E-state index contributed by atoms with van der Waals surface area (Å²) < 4.78 is 0.214. The van der Waals surface area contributed by atoms with Crippen LogP contribution < -0.4 is 0 Å². The quantitative estimate of drug-likeness (QED) is 0.586. The number of hydrogen-bond donors (Lipinski definition) is 3. The summed E-state index contributed by atoms with van der Waals surface area (Å²) in [6, 6.07) is 7.98. The number of carbonyl (C=O) groups is 1. The van der Waals surface area contributed by atoms with Gasteiger partial charge in [0.15, 0.2) is 17.3 Å². The van der Waals surface area contributed by atoms with Crippen molar-refractivity contribution in [3.63, 3.8) is 0 Å². The van der Waals surface area contributed by atoms with Crippen LogP contribution in [0.1, 0.15) is 21.5 Å². The summed E-state index contributed by atoms with van der Waals surface area (Å²) in [6.45, 7) is 1.90. The van der Waals surface area contributed by atoms with Gasteiger partial charge in [-0.15, -0.1) is 0 Å². The van der Waals surface area contributed by atoms with E-state index in [-0.39, 0.29) is 10.0 Å². The van der Waals surface area contributed by atoms with E-state index < -0.39 is 23.0 Å². The number of carbonyl (C=O) groups excluding carboxylic acids is 1. The lowest BCUT2D eigenvalue weighted by atomic mass is 10.0. The van der Waals surface area contributed by atoms with E-state index in [9.17, 15) is 20.1 Å². The molecule has 0 atom stereocenters. The first kappa shape index (κ1) is 13.4. The monoisotopic (exact) mass is 322 g/mol. The van der Waals surface area contributed by atoms with Crippen molar-refractivity contribution < 1.29 is 20.1 Å². The van der Waals surface area contributed by atoms with E-state index in [2.05, 4.69) is 15.9 Å². The van der Waals surface area contributed by atoms with Gasteiger partial charge in [0.1, 0.15) is 0 Å². The number of aryl methyl sites for hydroxylation is 1. The molecule has 2 rings (SSSR count). The highest BCUT2D eigenvalue weighted by Crippen LogP contribution is 2.42. The molecule has 4 nitrogen and oxygen atoms in total. The first-order valence-electron chi connectivity index (χ1n) is 5.46. The Labute approximate surface area is 118 Å². The minimum absolute atomic E-state index is 0.0841. The Morgan fingerprint density at radius 2 is 1.63 bits per heavy atom. The molecule has 3 N–H and O–H groups in total. The van der Waals surface area contributed by atoms with Crippen LogP contribution in [0.4, 0.5) is 0 Å². The van der Waals surface area contributed by atoms with E-state index in [0.29, 0.717) is 5.56 Å². The van der Waals surface area contributed by atoms with E-state index >= 15 is 0 Å². The fourth-order valence-corrected chi connectivity index (χ4v) is 2.26. The molecule has 2 aromatic rings. The maximum absolute atomic E-state index is 12.3. The first-order chi connectivity index (χ1) is 8.91. The summed E-state index contributed by atoms with van der Waals surface area (Å²) in [5.74, 6) is -2.29. The second kappa shape index (κ2) is 4.93. The third-order valence-electron chi connectivity index (χ3n) is 2.75. The minimum atomic E-state index is -0.710. The molecule has 0 aliphatic carbocycles. The van der Waals surface area contributed by atoms with Gasteiger partial charge in [-0.05, 0) is 28.9 Å². The molecule has 98 valence electrons. The number of ketones is 1. The van der Waals surface area contributed by atoms with Crippen molar-refractivity contribution >= 4 is 21.7 Å². The lowest BCUT2D eigenvalue weighted by Crippen LogP contribution is -2.03. The number of benzene rings is 2. The van der Waals surface area contributed by atoms with Crippen LogP contribution in [0.5, 0.6) is 17.2 Å². The van der Waals surface area contributed by atoms with Crippen molar-refractivity contribution in [2.24, 2.45) is 0 Å². The summed E-state index contributed by atoms with van der Waals surface area (Å²) in [7, 11) is 0. The molecule has 0 aliphatic rings. The number of hydrogen-bond acceptors (Lipinski definition) is 4. The van der Waals surface area contributed by atoms with Crippen molar-refractivity contribution in [3.8, 4) is 17.2 Å². The van der Waals surface area contributed by atoms with Gasteiger partial charge in [0.05, 0.1) is 5.56 Å². The standard InChI is InChI=1S/C14H11BrO4/c1-7-2-4-8(5-3-7)12(17)11-9(15)6-10(16)13(18)14(11)19/h2-6,16,18-19H,1H3. The average molecular weight is 323 g/mol. The zero-order valence-electron chi connectivity index (χ0n) is 10.0. The lowest BCUT2D eigenvalue weighted by molar-refractivity contribution is 0.103. The number of phenolic OH excluding ortho intramolecular Hbond substituents is 3. The smallest absolute Gasteiger partial charge is 0.201 e. The lowest BCUT2D eigenvalue weighted by Gasteiger charge is -2.09. The first-order valence-corrected chi connectivity index (χ1v) is 6.26. The van der Waals surface area contributed by atoms with Gasteiger partial charge in [0.25, 0.3) is 0 Å². The van der Waals surface area contributed by atoms with Gasteiger partial charge < -0.3 is 15.3 Å². The Kier molecular flexibility index (Phi) is 3.48. The van der Waals surface area contributed by atoms with Gasteiger partial charge in [0, 0.05) is 10.0 Å². The maximum Gasteiger partial charge on any atom is 0.201 e. The largest absolute Gasteiger partial charge is 0.504 e. The van der Waals surface area contributed by atoms with E-state index in [0.717, 1.165) is 11.6 Å². The molecule has 19 heavy (non-hydrogen) atoms. The van der Waals surface area contributed by atoms with Gasteiger partial charge >= 0.3 is 0 Å². The number of phenols is 3. The Balaban J connectivity index is 2.56. The molecule has 0 aromatic heterocycles. The molecule has 0 fully saturated rings. The van der Waals surface area contributed by atoms with Crippen LogP contribution in [0.3, 0.4) is 0 Å². The summed E-state index contributed by atoms with van der Waals surface area (Å²) in [6.07, 6.45) is 0. The van der Waals surface area contributed by atoms with Crippen LogP contribution in [0, 0.1) is 6.92 Å². The average Bonchev–Trinajstić information content (AvgIpc) is 2.37. The van der Waals surface area contributed by atoms with Gasteiger partial charge in [-0.25, -0.2) is 0 Å². The van der Waals surface area contributed by atoms with E-state index in [1.165, 1.54) is 0 Å². The van der Waals surface area contributed by atoms with Crippen LogP contribution in [0.25, 0.3) is 0 Å². The highest BCUT2D eigenvalue weighted by atomic mass is 79.9. The molecule has 0 spiro atoms. The Bertz CT molecular complexity index is 647. The number of halogens is 1. The van der Waals surface area contributed by atoms with Crippen LogP contribution in [0.15, 0.2) is 34.8 Å². The van der Waals surface area contributed by atoms with E-state index in [4.69, 9.17) is 0 Å².